The van der Waals surface area contributed by atoms with Gasteiger partial charge in [0, 0.05) is 19.1 Å². The molecule has 2 heteroatoms. The fraction of sp³-hybridized carbons (Fsp3) is 0.667. The highest BCUT2D eigenvalue weighted by molar-refractivity contribution is 5.28. The van der Waals surface area contributed by atoms with Gasteiger partial charge in [-0.2, -0.15) is 0 Å². The molecule has 1 heterocycles. The van der Waals surface area contributed by atoms with Crippen molar-refractivity contribution in [2.45, 2.75) is 51.0 Å². The summed E-state index contributed by atoms with van der Waals surface area (Å²) in [5.41, 5.74) is 9.13. The first-order valence-electron chi connectivity index (χ1n) is 8.36. The summed E-state index contributed by atoms with van der Waals surface area (Å²) in [5.74, 6) is 0.931. The molecule has 2 N–H and O–H groups in total. The van der Waals surface area contributed by atoms with Gasteiger partial charge in [-0.3, -0.25) is 0 Å². The molecule has 0 bridgehead atoms. The molecule has 1 aliphatic heterocycles. The fourth-order valence-corrected chi connectivity index (χ4v) is 3.78. The average Bonchev–Trinajstić information content (AvgIpc) is 2.69. The molecular formula is C18H28N2. The third-order valence-corrected chi connectivity index (χ3v) is 5.26. The first-order chi connectivity index (χ1) is 9.81. The van der Waals surface area contributed by atoms with Crippen molar-refractivity contribution in [3.8, 4) is 0 Å². The van der Waals surface area contributed by atoms with Gasteiger partial charge in [-0.1, -0.05) is 24.3 Å². The zero-order valence-corrected chi connectivity index (χ0v) is 12.6. The van der Waals surface area contributed by atoms with E-state index in [1.807, 2.05) is 0 Å². The van der Waals surface area contributed by atoms with Crippen molar-refractivity contribution in [3.05, 3.63) is 35.4 Å². The highest BCUT2D eigenvalue weighted by Gasteiger charge is 2.20. The summed E-state index contributed by atoms with van der Waals surface area (Å²) >= 11 is 0. The molecule has 2 nitrogen and oxygen atoms in total. The molecule has 0 spiro atoms. The number of hydrogen-bond acceptors (Lipinski definition) is 2. The third-order valence-electron chi connectivity index (χ3n) is 5.26. The first-order valence-corrected chi connectivity index (χ1v) is 8.36. The summed E-state index contributed by atoms with van der Waals surface area (Å²) in [6.07, 6.45) is 9.04. The minimum Gasteiger partial charge on any atom is -0.328 e. The van der Waals surface area contributed by atoms with Crippen LogP contribution in [0.2, 0.25) is 0 Å². The Morgan fingerprint density at radius 2 is 1.55 bits per heavy atom. The number of benzene rings is 1. The van der Waals surface area contributed by atoms with Gasteiger partial charge >= 0.3 is 0 Å². The third kappa shape index (κ3) is 3.62. The normalized spacial score (nSPS) is 27.9. The van der Waals surface area contributed by atoms with Crippen LogP contribution in [-0.4, -0.2) is 30.6 Å². The predicted octanol–water partition coefficient (Wildman–Crippen LogP) is 2.99. The molecule has 1 aromatic rings. The summed E-state index contributed by atoms with van der Waals surface area (Å²) < 4.78 is 0. The van der Waals surface area contributed by atoms with Gasteiger partial charge in [-0.25, -0.2) is 0 Å². The second-order valence-electron chi connectivity index (χ2n) is 6.68. The molecule has 0 aromatic heterocycles. The lowest BCUT2D eigenvalue weighted by atomic mass is 9.84. The minimum absolute atomic E-state index is 0.485. The summed E-state index contributed by atoms with van der Waals surface area (Å²) in [5, 5.41) is 0. The monoisotopic (exact) mass is 272 g/mol. The second-order valence-corrected chi connectivity index (χ2v) is 6.68. The van der Waals surface area contributed by atoms with Crippen LogP contribution in [0, 0.1) is 5.92 Å². The van der Waals surface area contributed by atoms with E-state index in [0.29, 0.717) is 6.04 Å². The lowest BCUT2D eigenvalue weighted by Crippen LogP contribution is -2.31. The van der Waals surface area contributed by atoms with E-state index in [-0.39, 0.29) is 0 Å². The zero-order chi connectivity index (χ0) is 13.8. The maximum absolute atomic E-state index is 5.99. The van der Waals surface area contributed by atoms with E-state index in [1.54, 1.807) is 11.1 Å². The van der Waals surface area contributed by atoms with Crippen molar-refractivity contribution in [1.82, 2.24) is 4.90 Å². The van der Waals surface area contributed by atoms with E-state index >= 15 is 0 Å². The molecule has 2 aliphatic rings. The number of nitrogens with zero attached hydrogens (tertiary/aromatic N) is 1. The van der Waals surface area contributed by atoms with Gasteiger partial charge in [0.25, 0.3) is 0 Å². The van der Waals surface area contributed by atoms with Crippen molar-refractivity contribution in [2.75, 3.05) is 19.6 Å². The molecule has 3 rings (SSSR count). The highest BCUT2D eigenvalue weighted by atomic mass is 15.1. The van der Waals surface area contributed by atoms with Crippen LogP contribution >= 0.6 is 0 Å². The fourth-order valence-electron chi connectivity index (χ4n) is 3.78. The van der Waals surface area contributed by atoms with E-state index in [1.165, 1.54) is 64.6 Å². The standard InChI is InChI=1S/C18H28N2/c19-18-7-5-15(6-8-18)9-12-20-13-10-16-3-1-2-4-17(16)11-14-20/h1-4,15,18H,5-14,19H2. The van der Waals surface area contributed by atoms with Gasteiger partial charge in [-0.15, -0.1) is 0 Å². The Morgan fingerprint density at radius 3 is 2.15 bits per heavy atom. The Labute approximate surface area is 123 Å². The molecule has 1 aliphatic carbocycles. The van der Waals surface area contributed by atoms with Crippen molar-refractivity contribution in [1.29, 1.82) is 0 Å². The first kappa shape index (κ1) is 14.1. The molecule has 0 radical (unpaired) electrons. The molecule has 0 unspecified atom stereocenters. The number of nitrogens with two attached hydrogens (primary N) is 1. The molecule has 0 amide bonds. The van der Waals surface area contributed by atoms with Gasteiger partial charge in [0.1, 0.15) is 0 Å². The van der Waals surface area contributed by atoms with Crippen molar-refractivity contribution in [2.24, 2.45) is 11.7 Å². The van der Waals surface area contributed by atoms with Crippen LogP contribution in [0.15, 0.2) is 24.3 Å². The molecular weight excluding hydrogens is 244 g/mol. The van der Waals surface area contributed by atoms with Crippen LogP contribution in [0.4, 0.5) is 0 Å². The van der Waals surface area contributed by atoms with Crippen LogP contribution in [0.3, 0.4) is 0 Å². The maximum Gasteiger partial charge on any atom is 0.00390 e. The molecule has 1 fully saturated rings. The van der Waals surface area contributed by atoms with Crippen LogP contribution in [-0.2, 0) is 12.8 Å². The lowest BCUT2D eigenvalue weighted by Gasteiger charge is -2.28. The largest absolute Gasteiger partial charge is 0.328 e. The summed E-state index contributed by atoms with van der Waals surface area (Å²) in [4.78, 5) is 2.68. The van der Waals surface area contributed by atoms with Crippen molar-refractivity contribution >= 4 is 0 Å². The highest BCUT2D eigenvalue weighted by Crippen LogP contribution is 2.26. The Morgan fingerprint density at radius 1 is 0.950 bits per heavy atom. The summed E-state index contributed by atoms with van der Waals surface area (Å²) in [6, 6.07) is 9.46. The van der Waals surface area contributed by atoms with E-state index in [4.69, 9.17) is 5.73 Å². The SMILES string of the molecule is NC1CCC(CCN2CCc3ccccc3CC2)CC1. The Hall–Kier alpha value is -0.860. The molecule has 0 saturated heterocycles. The minimum atomic E-state index is 0.485. The number of hydrogen-bond donors (Lipinski definition) is 1. The summed E-state index contributed by atoms with van der Waals surface area (Å²) in [6.45, 7) is 3.76. The van der Waals surface area contributed by atoms with E-state index < -0.39 is 0 Å². The maximum atomic E-state index is 5.99. The van der Waals surface area contributed by atoms with Crippen LogP contribution in [0.5, 0.6) is 0 Å². The predicted molar refractivity (Wildman–Crippen MR) is 84.8 cm³/mol. The van der Waals surface area contributed by atoms with E-state index in [0.717, 1.165) is 5.92 Å². The molecule has 1 saturated carbocycles. The Kier molecular flexibility index (Phi) is 4.74. The quantitative estimate of drug-likeness (QED) is 0.916. The van der Waals surface area contributed by atoms with Crippen LogP contribution < -0.4 is 5.73 Å². The lowest BCUT2D eigenvalue weighted by molar-refractivity contribution is 0.232. The van der Waals surface area contributed by atoms with Crippen molar-refractivity contribution < 1.29 is 0 Å². The smallest absolute Gasteiger partial charge is 0.00390 e. The topological polar surface area (TPSA) is 29.3 Å². The Bertz CT molecular complexity index is 394. The second kappa shape index (κ2) is 6.73. The van der Waals surface area contributed by atoms with E-state index in [2.05, 4.69) is 29.2 Å². The molecule has 110 valence electrons. The number of rotatable bonds is 3. The van der Waals surface area contributed by atoms with Gasteiger partial charge in [0.2, 0.25) is 0 Å². The average molecular weight is 272 g/mol. The molecule has 0 atom stereocenters. The molecule has 1 aromatic carbocycles. The molecule has 20 heavy (non-hydrogen) atoms. The van der Waals surface area contributed by atoms with E-state index in [9.17, 15) is 0 Å². The Balaban J connectivity index is 1.46. The van der Waals surface area contributed by atoms with Crippen LogP contribution in [0.1, 0.15) is 43.2 Å². The van der Waals surface area contributed by atoms with Gasteiger partial charge < -0.3 is 10.6 Å². The summed E-state index contributed by atoms with van der Waals surface area (Å²) in [7, 11) is 0. The number of fused-ring (bicyclic) bond motifs is 1. The van der Waals surface area contributed by atoms with Gasteiger partial charge in [0.05, 0.1) is 0 Å². The van der Waals surface area contributed by atoms with Gasteiger partial charge in [-0.05, 0) is 68.5 Å². The zero-order valence-electron chi connectivity index (χ0n) is 12.6. The van der Waals surface area contributed by atoms with Crippen molar-refractivity contribution in [3.63, 3.8) is 0 Å². The van der Waals surface area contributed by atoms with Gasteiger partial charge in [0.15, 0.2) is 0 Å². The van der Waals surface area contributed by atoms with Crippen LogP contribution in [0.25, 0.3) is 0 Å².